The lowest BCUT2D eigenvalue weighted by Gasteiger charge is -2.48. The number of aliphatic hydroxyl groups excluding tert-OH is 11. The molecule has 3 rings (SSSR count). The molecule has 19 nitrogen and oxygen atoms in total. The first-order chi connectivity index (χ1) is 49.8. The molecule has 0 aliphatic carbocycles. The first-order valence-electron chi connectivity index (χ1n) is 42.6. The van der Waals surface area contributed by atoms with Crippen LogP contribution in [0.3, 0.4) is 0 Å². The van der Waals surface area contributed by atoms with Gasteiger partial charge in [-0.15, -0.1) is 0 Å². The van der Waals surface area contributed by atoms with Crippen molar-refractivity contribution in [1.29, 1.82) is 0 Å². The molecule has 0 aromatic heterocycles. The Labute approximate surface area is 619 Å². The van der Waals surface area contributed by atoms with Crippen molar-refractivity contribution in [3.05, 3.63) is 24.3 Å². The normalized spacial score (nSPS) is 26.2. The van der Waals surface area contributed by atoms with E-state index in [9.17, 15) is 61.0 Å². The van der Waals surface area contributed by atoms with Gasteiger partial charge in [-0.1, -0.05) is 353 Å². The molecule has 0 aromatic rings. The van der Waals surface area contributed by atoms with Crippen LogP contribution in [0.25, 0.3) is 0 Å². The van der Waals surface area contributed by atoms with E-state index in [4.69, 9.17) is 28.4 Å². The molecule has 3 fully saturated rings. The number of ether oxygens (including phenoxy) is 6. The van der Waals surface area contributed by atoms with E-state index in [2.05, 4.69) is 31.3 Å². The fraction of sp³-hybridized carbons (Fsp3) is 0.940. The summed E-state index contributed by atoms with van der Waals surface area (Å²) < 4.78 is 34.5. The van der Waals surface area contributed by atoms with E-state index < -0.39 is 124 Å². The van der Waals surface area contributed by atoms with Gasteiger partial charge < -0.3 is 89.9 Å². The van der Waals surface area contributed by atoms with Crippen molar-refractivity contribution in [1.82, 2.24) is 5.32 Å². The predicted molar refractivity (Wildman–Crippen MR) is 406 cm³/mol. The first kappa shape index (κ1) is 94.5. The zero-order valence-corrected chi connectivity index (χ0v) is 64.6. The van der Waals surface area contributed by atoms with Gasteiger partial charge in [0.15, 0.2) is 18.9 Å². The molecule has 19 heteroatoms. The third kappa shape index (κ3) is 43.5. The topological polar surface area (TPSA) is 307 Å². The zero-order chi connectivity index (χ0) is 73.9. The van der Waals surface area contributed by atoms with E-state index in [1.807, 2.05) is 6.08 Å². The molecule has 602 valence electrons. The van der Waals surface area contributed by atoms with Crippen LogP contribution in [-0.2, 0) is 33.2 Å². The molecule has 3 heterocycles. The van der Waals surface area contributed by atoms with Gasteiger partial charge in [0, 0.05) is 6.42 Å². The Hall–Kier alpha value is -1.73. The number of hydrogen-bond acceptors (Lipinski definition) is 18. The number of amides is 1. The zero-order valence-electron chi connectivity index (χ0n) is 64.6. The smallest absolute Gasteiger partial charge is 0.220 e. The number of carbonyl (C=O) groups excluding carboxylic acids is 1. The third-order valence-corrected chi connectivity index (χ3v) is 21.5. The summed E-state index contributed by atoms with van der Waals surface area (Å²) in [5.74, 6) is -0.276. The highest BCUT2D eigenvalue weighted by Crippen LogP contribution is 2.33. The second-order valence-electron chi connectivity index (χ2n) is 30.6. The number of nitrogens with one attached hydrogen (secondary N) is 1. The van der Waals surface area contributed by atoms with Crippen LogP contribution < -0.4 is 5.32 Å². The summed E-state index contributed by atoms with van der Waals surface area (Å²) in [6.07, 6.45) is 51.8. The Bertz CT molecular complexity index is 1940. The number of unbranched alkanes of at least 4 members (excludes halogenated alkanes) is 51. The molecule has 17 atom stereocenters. The molecule has 0 aromatic carbocycles. The molecule has 3 aliphatic rings. The van der Waals surface area contributed by atoms with Crippen molar-refractivity contribution in [3.63, 3.8) is 0 Å². The SMILES string of the molecule is CCCCCCCCCCCCCCCCCCCCCCCCC/C=C/CC/C=C/C(O)C(COC1OC(CO)C(OC2OC(CO)C(OC3OC(CO)C(O)C(O)C3O)C(O)C2O)C(O)C1O)NC(=O)CCCCCCCCCCCCCCCCCCCCCCCCCCCCCC. The van der Waals surface area contributed by atoms with Crippen molar-refractivity contribution >= 4 is 5.91 Å². The lowest BCUT2D eigenvalue weighted by molar-refractivity contribution is -0.379. The van der Waals surface area contributed by atoms with Crippen molar-refractivity contribution in [2.24, 2.45) is 0 Å². The van der Waals surface area contributed by atoms with Gasteiger partial charge in [-0.2, -0.15) is 0 Å². The summed E-state index contributed by atoms with van der Waals surface area (Å²) >= 11 is 0. The number of allylic oxidation sites excluding steroid dienone is 3. The van der Waals surface area contributed by atoms with E-state index in [-0.39, 0.29) is 18.9 Å². The van der Waals surface area contributed by atoms with Gasteiger partial charge >= 0.3 is 0 Å². The van der Waals surface area contributed by atoms with Crippen LogP contribution in [-0.4, -0.2) is 193 Å². The Morgan fingerprint density at radius 3 is 0.980 bits per heavy atom. The Balaban J connectivity index is 1.37. The predicted octanol–water partition coefficient (Wildman–Crippen LogP) is 14.9. The average molecular weight is 1460 g/mol. The summed E-state index contributed by atoms with van der Waals surface area (Å²) in [6, 6.07) is -0.989. The molecule has 3 saturated heterocycles. The van der Waals surface area contributed by atoms with E-state index in [1.165, 1.54) is 295 Å². The minimum absolute atomic E-state index is 0.241. The number of carbonyl (C=O) groups is 1. The molecule has 0 saturated carbocycles. The van der Waals surface area contributed by atoms with Crippen LogP contribution in [0.4, 0.5) is 0 Å². The summed E-state index contributed by atoms with van der Waals surface area (Å²) in [5, 5.41) is 121. The number of hydrogen-bond donors (Lipinski definition) is 12. The number of rotatable bonds is 69. The third-order valence-electron chi connectivity index (χ3n) is 21.5. The van der Waals surface area contributed by atoms with Crippen molar-refractivity contribution in [3.8, 4) is 0 Å². The van der Waals surface area contributed by atoms with Crippen LogP contribution in [0.1, 0.15) is 367 Å². The van der Waals surface area contributed by atoms with Crippen molar-refractivity contribution in [2.45, 2.75) is 471 Å². The average Bonchev–Trinajstić information content (AvgIpc) is 0.781. The molecule has 1 amide bonds. The molecule has 0 spiro atoms. The highest BCUT2D eigenvalue weighted by atomic mass is 16.8. The fourth-order valence-corrected chi connectivity index (χ4v) is 14.7. The van der Waals surface area contributed by atoms with E-state index in [0.717, 1.165) is 38.5 Å². The quantitative estimate of drug-likeness (QED) is 0.0199. The van der Waals surface area contributed by atoms with Crippen LogP contribution in [0.5, 0.6) is 0 Å². The first-order valence-corrected chi connectivity index (χ1v) is 42.6. The fourth-order valence-electron chi connectivity index (χ4n) is 14.7. The molecule has 0 bridgehead atoms. The van der Waals surface area contributed by atoms with Gasteiger partial charge in [0.05, 0.1) is 38.6 Å². The van der Waals surface area contributed by atoms with Crippen LogP contribution >= 0.6 is 0 Å². The molecule has 102 heavy (non-hydrogen) atoms. The Kier molecular flexibility index (Phi) is 59.4. The monoisotopic (exact) mass is 1460 g/mol. The summed E-state index contributed by atoms with van der Waals surface area (Å²) in [4.78, 5) is 13.5. The van der Waals surface area contributed by atoms with Crippen LogP contribution in [0, 0.1) is 0 Å². The van der Waals surface area contributed by atoms with Gasteiger partial charge in [-0.05, 0) is 32.1 Å². The Morgan fingerprint density at radius 1 is 0.343 bits per heavy atom. The maximum Gasteiger partial charge on any atom is 0.220 e. The standard InChI is InChI=1S/C83H157NO18/c1-3-5-7-9-11-13-15-17-19-21-23-25-27-29-31-33-34-36-38-40-42-44-46-48-50-52-54-56-58-60-67(88)66(84-71(89)61-59-57-55-53-51-49-47-45-43-41-39-37-35-32-30-28-26-24-22-20-18-16-14-12-10-8-6-4-2)65-97-81-77(95)74(92)79(69(63-86)99-81)102-83-78(96)75(93)80(70(64-87)100-83)101-82-76(94)73(91)72(90)68(62-85)98-82/h50,52,58,60,66-70,72-83,85-88,90-96H,3-49,51,53-57,59,61-65H2,1-2H3,(H,84,89)/b52-50+,60-58+. The van der Waals surface area contributed by atoms with Gasteiger partial charge in [0.1, 0.15) is 73.2 Å². The summed E-state index contributed by atoms with van der Waals surface area (Å²) in [6.45, 7) is 1.79. The molecule has 0 radical (unpaired) electrons. The molecule has 12 N–H and O–H groups in total. The highest BCUT2D eigenvalue weighted by molar-refractivity contribution is 5.76. The minimum atomic E-state index is -1.98. The molecular formula is C83H157NO18. The highest BCUT2D eigenvalue weighted by Gasteiger charge is 2.54. The minimum Gasteiger partial charge on any atom is -0.394 e. The van der Waals surface area contributed by atoms with E-state index in [1.54, 1.807) is 6.08 Å². The van der Waals surface area contributed by atoms with Crippen LogP contribution in [0.2, 0.25) is 0 Å². The molecule has 3 aliphatic heterocycles. The summed E-state index contributed by atoms with van der Waals surface area (Å²) in [5.41, 5.74) is 0. The van der Waals surface area contributed by atoms with Gasteiger partial charge in [0.25, 0.3) is 0 Å². The second-order valence-corrected chi connectivity index (χ2v) is 30.6. The molecule has 17 unspecified atom stereocenters. The van der Waals surface area contributed by atoms with Crippen LogP contribution in [0.15, 0.2) is 24.3 Å². The summed E-state index contributed by atoms with van der Waals surface area (Å²) in [7, 11) is 0. The lowest BCUT2D eigenvalue weighted by Crippen LogP contribution is -2.66. The van der Waals surface area contributed by atoms with E-state index in [0.29, 0.717) is 12.8 Å². The van der Waals surface area contributed by atoms with Crippen molar-refractivity contribution < 1.29 is 89.4 Å². The van der Waals surface area contributed by atoms with Gasteiger partial charge in [0.2, 0.25) is 5.91 Å². The number of aliphatic hydroxyl groups is 11. The van der Waals surface area contributed by atoms with Crippen molar-refractivity contribution in [2.75, 3.05) is 26.4 Å². The van der Waals surface area contributed by atoms with Gasteiger partial charge in [-0.25, -0.2) is 0 Å². The molecular weight excluding hydrogens is 1300 g/mol. The maximum atomic E-state index is 13.5. The lowest BCUT2D eigenvalue weighted by atomic mass is 9.96. The van der Waals surface area contributed by atoms with Gasteiger partial charge in [-0.3, -0.25) is 4.79 Å². The second kappa shape index (κ2) is 64.1. The van der Waals surface area contributed by atoms with E-state index >= 15 is 0 Å². The largest absolute Gasteiger partial charge is 0.394 e. The Morgan fingerprint density at radius 2 is 0.627 bits per heavy atom. The maximum absolute atomic E-state index is 13.5.